The van der Waals surface area contributed by atoms with E-state index in [4.69, 9.17) is 14.9 Å². The molecule has 3 rings (SSSR count). The molecule has 1 aromatic carbocycles. The van der Waals surface area contributed by atoms with Crippen LogP contribution in [0.15, 0.2) is 41.0 Å². The van der Waals surface area contributed by atoms with Crippen molar-refractivity contribution in [3.05, 3.63) is 42.4 Å². The maximum absolute atomic E-state index is 6.02. The van der Waals surface area contributed by atoms with Crippen molar-refractivity contribution in [1.29, 1.82) is 0 Å². The van der Waals surface area contributed by atoms with E-state index in [1.807, 2.05) is 41.8 Å². The Kier molecular flexibility index (Phi) is 3.33. The van der Waals surface area contributed by atoms with E-state index in [0.717, 1.165) is 35.5 Å². The molecule has 0 aliphatic rings. The Morgan fingerprint density at radius 1 is 1.30 bits per heavy atom. The molecule has 0 saturated carbocycles. The minimum Gasteiger partial charge on any atom is -0.492 e. The Morgan fingerprint density at radius 2 is 2.20 bits per heavy atom. The molecule has 0 radical (unpaired) electrons. The molecule has 3 aromatic rings. The summed E-state index contributed by atoms with van der Waals surface area (Å²) in [5.74, 6) is 2.21. The summed E-state index contributed by atoms with van der Waals surface area (Å²) in [6.45, 7) is 3.29. The molecule has 20 heavy (non-hydrogen) atoms. The van der Waals surface area contributed by atoms with E-state index in [1.54, 1.807) is 6.26 Å². The second kappa shape index (κ2) is 5.28. The fraction of sp³-hybridized carbons (Fsp3) is 0.267. The second-order valence-electron chi connectivity index (χ2n) is 4.51. The summed E-state index contributed by atoms with van der Waals surface area (Å²) in [4.78, 5) is 4.42. The maximum Gasteiger partial charge on any atom is 0.201 e. The van der Waals surface area contributed by atoms with Crippen LogP contribution in [0.1, 0.15) is 12.7 Å². The third kappa shape index (κ3) is 2.22. The Balaban J connectivity index is 1.94. The predicted octanol–water partition coefficient (Wildman–Crippen LogP) is 2.85. The van der Waals surface area contributed by atoms with Gasteiger partial charge in [-0.05, 0) is 31.2 Å². The molecular weight excluding hydrogens is 254 g/mol. The smallest absolute Gasteiger partial charge is 0.201 e. The summed E-state index contributed by atoms with van der Waals surface area (Å²) >= 11 is 0. The number of nitrogen functional groups attached to an aromatic ring is 1. The fourth-order valence-electron chi connectivity index (χ4n) is 2.32. The molecule has 104 valence electrons. The van der Waals surface area contributed by atoms with Crippen LogP contribution in [0.4, 0.5) is 5.95 Å². The molecule has 5 heteroatoms. The van der Waals surface area contributed by atoms with Crippen LogP contribution in [0.25, 0.3) is 11.0 Å². The Morgan fingerprint density at radius 3 is 2.95 bits per heavy atom. The van der Waals surface area contributed by atoms with Crippen molar-refractivity contribution in [3.8, 4) is 5.75 Å². The number of nitrogens with two attached hydrogens (primary N) is 1. The lowest BCUT2D eigenvalue weighted by Crippen LogP contribution is -2.05. The quantitative estimate of drug-likeness (QED) is 0.775. The van der Waals surface area contributed by atoms with Gasteiger partial charge in [-0.15, -0.1) is 0 Å². The van der Waals surface area contributed by atoms with Crippen molar-refractivity contribution >= 4 is 17.0 Å². The first kappa shape index (κ1) is 12.6. The third-order valence-corrected chi connectivity index (χ3v) is 3.23. The number of ether oxygens (including phenoxy) is 1. The van der Waals surface area contributed by atoms with E-state index in [0.29, 0.717) is 12.6 Å². The summed E-state index contributed by atoms with van der Waals surface area (Å²) in [6, 6.07) is 9.72. The maximum atomic E-state index is 6.02. The zero-order valence-corrected chi connectivity index (χ0v) is 11.4. The lowest BCUT2D eigenvalue weighted by molar-refractivity contribution is 0.343. The van der Waals surface area contributed by atoms with Crippen LogP contribution in [0.2, 0.25) is 0 Å². The summed E-state index contributed by atoms with van der Waals surface area (Å²) in [7, 11) is 0. The van der Waals surface area contributed by atoms with Gasteiger partial charge in [-0.1, -0.05) is 6.07 Å². The molecule has 2 N–H and O–H groups in total. The second-order valence-corrected chi connectivity index (χ2v) is 4.51. The van der Waals surface area contributed by atoms with Crippen LogP contribution in [0.5, 0.6) is 5.75 Å². The number of nitrogens with zero attached hydrogens (tertiary/aromatic N) is 2. The highest BCUT2D eigenvalue weighted by atomic mass is 16.5. The van der Waals surface area contributed by atoms with Gasteiger partial charge in [0, 0.05) is 13.0 Å². The zero-order valence-electron chi connectivity index (χ0n) is 11.4. The molecule has 0 saturated heterocycles. The lowest BCUT2D eigenvalue weighted by Gasteiger charge is -2.06. The SMILES string of the molecule is CCOc1cccc2c1nc(N)n2CCc1ccco1. The highest BCUT2D eigenvalue weighted by Crippen LogP contribution is 2.27. The highest BCUT2D eigenvalue weighted by molar-refractivity contribution is 5.84. The van der Waals surface area contributed by atoms with Gasteiger partial charge >= 0.3 is 0 Å². The summed E-state index contributed by atoms with van der Waals surface area (Å²) < 4.78 is 12.9. The molecule has 0 fully saturated rings. The third-order valence-electron chi connectivity index (χ3n) is 3.23. The van der Waals surface area contributed by atoms with Gasteiger partial charge in [0.2, 0.25) is 5.95 Å². The van der Waals surface area contributed by atoms with Crippen LogP contribution in [0, 0.1) is 0 Å². The number of imidazole rings is 1. The number of fused-ring (bicyclic) bond motifs is 1. The number of aromatic nitrogens is 2. The van der Waals surface area contributed by atoms with Gasteiger partial charge in [0.15, 0.2) is 0 Å². The molecule has 0 aliphatic heterocycles. The molecule has 0 aliphatic carbocycles. The number of furan rings is 1. The van der Waals surface area contributed by atoms with E-state index < -0.39 is 0 Å². The first-order chi connectivity index (χ1) is 9.79. The molecular formula is C15H17N3O2. The zero-order chi connectivity index (χ0) is 13.9. The van der Waals surface area contributed by atoms with Gasteiger partial charge in [-0.3, -0.25) is 0 Å². The number of anilines is 1. The normalized spacial score (nSPS) is 11.1. The van der Waals surface area contributed by atoms with Crippen LogP contribution in [0.3, 0.4) is 0 Å². The summed E-state index contributed by atoms with van der Waals surface area (Å²) in [5, 5.41) is 0. The van der Waals surface area contributed by atoms with Gasteiger partial charge < -0.3 is 19.5 Å². The average Bonchev–Trinajstić information content (AvgIpc) is 3.05. The fourth-order valence-corrected chi connectivity index (χ4v) is 2.32. The van der Waals surface area contributed by atoms with E-state index >= 15 is 0 Å². The minimum atomic E-state index is 0.499. The van der Waals surface area contributed by atoms with Crippen molar-refractivity contribution in [2.75, 3.05) is 12.3 Å². The van der Waals surface area contributed by atoms with Crippen molar-refractivity contribution in [1.82, 2.24) is 9.55 Å². The summed E-state index contributed by atoms with van der Waals surface area (Å²) in [5.41, 5.74) is 7.82. The number of hydrogen-bond donors (Lipinski definition) is 1. The van der Waals surface area contributed by atoms with Crippen LogP contribution in [-0.4, -0.2) is 16.2 Å². The van der Waals surface area contributed by atoms with E-state index in [1.165, 1.54) is 0 Å². The molecule has 0 bridgehead atoms. The molecule has 2 heterocycles. The van der Waals surface area contributed by atoms with Crippen molar-refractivity contribution in [2.24, 2.45) is 0 Å². The van der Waals surface area contributed by atoms with Gasteiger partial charge in [-0.25, -0.2) is 4.98 Å². The number of benzene rings is 1. The number of aryl methyl sites for hydroxylation is 2. The van der Waals surface area contributed by atoms with Crippen LogP contribution < -0.4 is 10.5 Å². The van der Waals surface area contributed by atoms with Crippen molar-refractivity contribution in [3.63, 3.8) is 0 Å². The molecule has 5 nitrogen and oxygen atoms in total. The van der Waals surface area contributed by atoms with Crippen LogP contribution >= 0.6 is 0 Å². The lowest BCUT2D eigenvalue weighted by atomic mass is 10.2. The highest BCUT2D eigenvalue weighted by Gasteiger charge is 2.12. The minimum absolute atomic E-state index is 0.499. The largest absolute Gasteiger partial charge is 0.492 e. The predicted molar refractivity (Wildman–Crippen MR) is 77.7 cm³/mol. The average molecular weight is 271 g/mol. The van der Waals surface area contributed by atoms with Gasteiger partial charge in [0.1, 0.15) is 17.0 Å². The Bertz CT molecular complexity index is 701. The Labute approximate surface area is 117 Å². The topological polar surface area (TPSA) is 66.2 Å². The van der Waals surface area contributed by atoms with Gasteiger partial charge in [0.05, 0.1) is 18.4 Å². The standard InChI is InChI=1S/C15H17N3O2/c1-2-19-13-7-3-6-12-14(13)17-15(16)18(12)9-8-11-5-4-10-20-11/h3-7,10H,2,8-9H2,1H3,(H2,16,17). The van der Waals surface area contributed by atoms with E-state index in [-0.39, 0.29) is 0 Å². The molecule has 0 atom stereocenters. The number of para-hydroxylation sites is 1. The van der Waals surface area contributed by atoms with Crippen molar-refractivity contribution < 1.29 is 9.15 Å². The summed E-state index contributed by atoms with van der Waals surface area (Å²) in [6.07, 6.45) is 2.46. The van der Waals surface area contributed by atoms with Crippen molar-refractivity contribution in [2.45, 2.75) is 19.9 Å². The van der Waals surface area contributed by atoms with E-state index in [9.17, 15) is 0 Å². The van der Waals surface area contributed by atoms with Gasteiger partial charge in [0.25, 0.3) is 0 Å². The first-order valence-electron chi connectivity index (χ1n) is 6.69. The first-order valence-corrected chi connectivity index (χ1v) is 6.69. The molecule has 0 spiro atoms. The number of rotatable bonds is 5. The Hall–Kier alpha value is -2.43. The molecule has 2 aromatic heterocycles. The number of hydrogen-bond acceptors (Lipinski definition) is 4. The van der Waals surface area contributed by atoms with Gasteiger partial charge in [-0.2, -0.15) is 0 Å². The van der Waals surface area contributed by atoms with Crippen LogP contribution in [-0.2, 0) is 13.0 Å². The molecule has 0 unspecified atom stereocenters. The van der Waals surface area contributed by atoms with E-state index in [2.05, 4.69) is 4.98 Å². The monoisotopic (exact) mass is 271 g/mol. The molecule has 0 amide bonds.